The molecule has 0 aliphatic carbocycles. The molecule has 1 unspecified atom stereocenters. The molecule has 1 aliphatic heterocycles. The van der Waals surface area contributed by atoms with Crippen molar-refractivity contribution >= 4 is 16.7 Å². The van der Waals surface area contributed by atoms with Gasteiger partial charge in [0.15, 0.2) is 0 Å². The van der Waals surface area contributed by atoms with Crippen LogP contribution in [-0.4, -0.2) is 23.3 Å². The SMILES string of the molecule is CC(C)CCCC1(C)CCc2c(C(=O)OCCc3ccccc3)c(O)c3ccccc3c2O1. The number of aromatic hydroxyl groups is 1. The number of rotatable bonds is 8. The molecule has 174 valence electrons. The van der Waals surface area contributed by atoms with Crippen LogP contribution in [0.25, 0.3) is 10.8 Å². The van der Waals surface area contributed by atoms with Gasteiger partial charge in [0.2, 0.25) is 0 Å². The fourth-order valence-electron chi connectivity index (χ4n) is 4.74. The van der Waals surface area contributed by atoms with Crippen LogP contribution >= 0.6 is 0 Å². The highest BCUT2D eigenvalue weighted by Crippen LogP contribution is 2.46. The van der Waals surface area contributed by atoms with Crippen LogP contribution in [0.15, 0.2) is 54.6 Å². The van der Waals surface area contributed by atoms with Crippen molar-refractivity contribution < 1.29 is 19.4 Å². The molecule has 0 saturated carbocycles. The highest BCUT2D eigenvalue weighted by Gasteiger charge is 2.36. The van der Waals surface area contributed by atoms with E-state index in [0.717, 1.165) is 41.5 Å². The predicted molar refractivity (Wildman–Crippen MR) is 132 cm³/mol. The summed E-state index contributed by atoms with van der Waals surface area (Å²) >= 11 is 0. The number of hydrogen-bond donors (Lipinski definition) is 1. The van der Waals surface area contributed by atoms with E-state index in [0.29, 0.717) is 24.1 Å². The standard InChI is InChI=1S/C29H34O4/c1-20(2)10-9-17-29(3)18-15-24-25(28(31)32-19-16-21-11-5-4-6-12-21)26(30)22-13-7-8-14-23(22)27(24)33-29/h4-8,11-14,20,30H,9-10,15-19H2,1-3H3. The topological polar surface area (TPSA) is 55.8 Å². The molecule has 0 fully saturated rings. The highest BCUT2D eigenvalue weighted by atomic mass is 16.5. The number of benzene rings is 3. The van der Waals surface area contributed by atoms with Gasteiger partial charge >= 0.3 is 5.97 Å². The van der Waals surface area contributed by atoms with Crippen LogP contribution in [0.3, 0.4) is 0 Å². The monoisotopic (exact) mass is 446 g/mol. The van der Waals surface area contributed by atoms with E-state index >= 15 is 0 Å². The van der Waals surface area contributed by atoms with Crippen molar-refractivity contribution in [2.24, 2.45) is 5.92 Å². The summed E-state index contributed by atoms with van der Waals surface area (Å²) in [6, 6.07) is 17.5. The minimum absolute atomic E-state index is 0.0129. The lowest BCUT2D eigenvalue weighted by atomic mass is 9.84. The number of phenols is 1. The zero-order valence-corrected chi connectivity index (χ0v) is 19.9. The Hall–Kier alpha value is -3.01. The summed E-state index contributed by atoms with van der Waals surface area (Å²) in [5.74, 6) is 0.884. The molecule has 0 amide bonds. The Balaban J connectivity index is 1.62. The summed E-state index contributed by atoms with van der Waals surface area (Å²) in [6.45, 7) is 6.91. The first-order valence-electron chi connectivity index (χ1n) is 12.0. The van der Waals surface area contributed by atoms with Crippen LogP contribution in [0.5, 0.6) is 11.5 Å². The van der Waals surface area contributed by atoms with Gasteiger partial charge in [0.05, 0.1) is 6.61 Å². The maximum Gasteiger partial charge on any atom is 0.342 e. The fraction of sp³-hybridized carbons (Fsp3) is 0.414. The zero-order chi connectivity index (χ0) is 23.4. The molecule has 4 nitrogen and oxygen atoms in total. The van der Waals surface area contributed by atoms with E-state index in [-0.39, 0.29) is 23.5 Å². The number of phenolic OH excluding ortho intramolecular Hbond substituents is 1. The van der Waals surface area contributed by atoms with E-state index in [9.17, 15) is 9.90 Å². The number of fused-ring (bicyclic) bond motifs is 3. The number of carbonyl (C=O) groups is 1. The first-order chi connectivity index (χ1) is 15.9. The molecule has 0 bridgehead atoms. The summed E-state index contributed by atoms with van der Waals surface area (Å²) < 4.78 is 12.2. The van der Waals surface area contributed by atoms with Crippen molar-refractivity contribution in [1.82, 2.24) is 0 Å². The van der Waals surface area contributed by atoms with Gasteiger partial charge in [-0.1, -0.05) is 74.9 Å². The second-order valence-corrected chi connectivity index (χ2v) is 9.79. The average molecular weight is 447 g/mol. The van der Waals surface area contributed by atoms with Crippen LogP contribution in [0.4, 0.5) is 0 Å². The fourth-order valence-corrected chi connectivity index (χ4v) is 4.74. The van der Waals surface area contributed by atoms with Gasteiger partial charge in [-0.05, 0) is 44.1 Å². The van der Waals surface area contributed by atoms with Crippen molar-refractivity contribution in [1.29, 1.82) is 0 Å². The molecule has 0 spiro atoms. The third-order valence-electron chi connectivity index (χ3n) is 6.65. The van der Waals surface area contributed by atoms with Crippen molar-refractivity contribution in [3.8, 4) is 11.5 Å². The van der Waals surface area contributed by atoms with Gasteiger partial charge in [-0.3, -0.25) is 0 Å². The van der Waals surface area contributed by atoms with Crippen molar-refractivity contribution in [2.45, 2.75) is 64.9 Å². The highest BCUT2D eigenvalue weighted by molar-refractivity contribution is 6.06. The number of ether oxygens (including phenoxy) is 2. The van der Waals surface area contributed by atoms with E-state index in [1.807, 2.05) is 54.6 Å². The van der Waals surface area contributed by atoms with E-state index < -0.39 is 5.97 Å². The van der Waals surface area contributed by atoms with Crippen LogP contribution in [0.1, 0.15) is 67.9 Å². The van der Waals surface area contributed by atoms with E-state index in [1.54, 1.807) is 0 Å². The first kappa shape index (κ1) is 23.2. The second kappa shape index (κ2) is 9.86. The molecule has 1 atom stereocenters. The summed E-state index contributed by atoms with van der Waals surface area (Å²) in [4.78, 5) is 13.1. The van der Waals surface area contributed by atoms with Gasteiger partial charge in [0.1, 0.15) is 22.7 Å². The summed E-state index contributed by atoms with van der Waals surface area (Å²) in [5, 5.41) is 12.5. The molecule has 0 aromatic heterocycles. The Labute approximate surface area is 196 Å². The minimum Gasteiger partial charge on any atom is -0.506 e. The van der Waals surface area contributed by atoms with Gasteiger partial charge in [-0.15, -0.1) is 0 Å². The number of carbonyl (C=O) groups excluding carboxylic acids is 1. The number of esters is 1. The normalized spacial score (nSPS) is 17.6. The molecular formula is C29H34O4. The Morgan fingerprint density at radius 1 is 1.09 bits per heavy atom. The van der Waals surface area contributed by atoms with Crippen LogP contribution in [0.2, 0.25) is 0 Å². The quantitative estimate of drug-likeness (QED) is 0.384. The second-order valence-electron chi connectivity index (χ2n) is 9.79. The van der Waals surface area contributed by atoms with E-state index in [2.05, 4.69) is 20.8 Å². The van der Waals surface area contributed by atoms with Crippen molar-refractivity contribution in [3.05, 3.63) is 71.3 Å². The lowest BCUT2D eigenvalue weighted by Gasteiger charge is -2.37. The lowest BCUT2D eigenvalue weighted by molar-refractivity contribution is 0.0461. The van der Waals surface area contributed by atoms with Crippen molar-refractivity contribution in [2.75, 3.05) is 6.61 Å². The van der Waals surface area contributed by atoms with Gasteiger partial charge in [-0.2, -0.15) is 0 Å². The van der Waals surface area contributed by atoms with Crippen LogP contribution in [-0.2, 0) is 17.6 Å². The van der Waals surface area contributed by atoms with Gasteiger partial charge < -0.3 is 14.6 Å². The smallest absolute Gasteiger partial charge is 0.342 e. The van der Waals surface area contributed by atoms with E-state index in [4.69, 9.17) is 9.47 Å². The molecule has 33 heavy (non-hydrogen) atoms. The summed E-state index contributed by atoms with van der Waals surface area (Å²) in [5.41, 5.74) is 1.84. The Bertz CT molecular complexity index is 1120. The Kier molecular flexibility index (Phi) is 6.92. The third-order valence-corrected chi connectivity index (χ3v) is 6.65. The zero-order valence-electron chi connectivity index (χ0n) is 19.9. The van der Waals surface area contributed by atoms with Crippen molar-refractivity contribution in [3.63, 3.8) is 0 Å². The molecule has 1 N–H and O–H groups in total. The lowest BCUT2D eigenvalue weighted by Crippen LogP contribution is -2.37. The van der Waals surface area contributed by atoms with Crippen LogP contribution < -0.4 is 4.74 Å². The minimum atomic E-state index is -0.488. The molecule has 0 saturated heterocycles. The maximum absolute atomic E-state index is 13.1. The number of hydrogen-bond acceptors (Lipinski definition) is 4. The molecule has 4 rings (SSSR count). The first-order valence-corrected chi connectivity index (χ1v) is 12.0. The van der Waals surface area contributed by atoms with Gasteiger partial charge in [0.25, 0.3) is 0 Å². The third kappa shape index (κ3) is 5.16. The molecule has 3 aromatic rings. The largest absolute Gasteiger partial charge is 0.506 e. The molecule has 4 heteroatoms. The van der Waals surface area contributed by atoms with Gasteiger partial charge in [-0.25, -0.2) is 4.79 Å². The summed E-state index contributed by atoms with van der Waals surface area (Å²) in [6.07, 6.45) is 5.36. The molecule has 1 heterocycles. The molecule has 3 aromatic carbocycles. The van der Waals surface area contributed by atoms with E-state index in [1.165, 1.54) is 6.42 Å². The Morgan fingerprint density at radius 3 is 2.52 bits per heavy atom. The average Bonchev–Trinajstić information content (AvgIpc) is 2.80. The van der Waals surface area contributed by atoms with Gasteiger partial charge in [0, 0.05) is 22.8 Å². The molecule has 0 radical (unpaired) electrons. The maximum atomic E-state index is 13.1. The molecule has 1 aliphatic rings. The predicted octanol–water partition coefficient (Wildman–Crippen LogP) is 6.85. The Morgan fingerprint density at radius 2 is 1.79 bits per heavy atom. The summed E-state index contributed by atoms with van der Waals surface area (Å²) in [7, 11) is 0. The molecular weight excluding hydrogens is 412 g/mol. The van der Waals surface area contributed by atoms with Crippen LogP contribution in [0, 0.1) is 5.92 Å².